The number of anilines is 1. The van der Waals surface area contributed by atoms with Gasteiger partial charge in [-0.05, 0) is 62.8 Å². The molecule has 2 N–H and O–H groups in total. The lowest BCUT2D eigenvalue weighted by molar-refractivity contribution is 0.603. The molecule has 0 saturated heterocycles. The number of halogens is 1. The Bertz CT molecular complexity index is 726. The van der Waals surface area contributed by atoms with E-state index in [0.717, 1.165) is 27.9 Å². The zero-order valence-corrected chi connectivity index (χ0v) is 15.0. The largest absolute Gasteiger partial charge is 0.319 e. The molecule has 0 aliphatic carbocycles. The van der Waals surface area contributed by atoms with Crippen LogP contribution in [0.3, 0.4) is 0 Å². The number of aryl methyl sites for hydroxylation is 1. The minimum atomic E-state index is -3.51. The van der Waals surface area contributed by atoms with E-state index in [1.807, 2.05) is 26.1 Å². The predicted molar refractivity (Wildman–Crippen MR) is 91.6 cm³/mol. The lowest BCUT2D eigenvalue weighted by Gasteiger charge is -2.07. The van der Waals surface area contributed by atoms with Crippen LogP contribution in [0.4, 0.5) is 5.69 Å². The van der Waals surface area contributed by atoms with Gasteiger partial charge in [0, 0.05) is 15.0 Å². The Hall–Kier alpha value is -0.890. The van der Waals surface area contributed by atoms with Gasteiger partial charge in [-0.25, -0.2) is 8.42 Å². The van der Waals surface area contributed by atoms with Gasteiger partial charge in [0.1, 0.15) is 4.21 Å². The minimum Gasteiger partial charge on any atom is -0.319 e. The molecule has 0 saturated carbocycles. The molecule has 2 rings (SSSR count). The summed E-state index contributed by atoms with van der Waals surface area (Å²) in [6.07, 6.45) is 0.827. The van der Waals surface area contributed by atoms with Crippen molar-refractivity contribution in [3.8, 4) is 0 Å². The number of thiophene rings is 1. The normalized spacial score (nSPS) is 11.6. The first-order valence-electron chi connectivity index (χ1n) is 6.44. The SMILES string of the molecule is CNCCc1ccc(S(=O)(=O)Nc2ccc(Br)c(C)c2)s1. The minimum absolute atomic E-state index is 0.342. The van der Waals surface area contributed by atoms with Gasteiger partial charge in [0.15, 0.2) is 0 Å². The van der Waals surface area contributed by atoms with Crippen molar-refractivity contribution < 1.29 is 8.42 Å². The van der Waals surface area contributed by atoms with Gasteiger partial charge in [-0.3, -0.25) is 4.72 Å². The summed E-state index contributed by atoms with van der Waals surface area (Å²) < 4.78 is 28.6. The Labute approximate surface area is 137 Å². The summed E-state index contributed by atoms with van der Waals surface area (Å²) in [4.78, 5) is 1.05. The number of hydrogen-bond donors (Lipinski definition) is 2. The second-order valence-electron chi connectivity index (χ2n) is 4.64. The van der Waals surface area contributed by atoms with Crippen molar-refractivity contribution in [2.75, 3.05) is 18.3 Å². The van der Waals surface area contributed by atoms with Crippen LogP contribution in [-0.4, -0.2) is 22.0 Å². The second-order valence-corrected chi connectivity index (χ2v) is 8.58. The summed E-state index contributed by atoms with van der Waals surface area (Å²) in [5.74, 6) is 0. The van der Waals surface area contributed by atoms with Crippen LogP contribution in [0.15, 0.2) is 39.0 Å². The summed E-state index contributed by atoms with van der Waals surface area (Å²) in [6.45, 7) is 2.75. The smallest absolute Gasteiger partial charge is 0.271 e. The number of benzene rings is 1. The van der Waals surface area contributed by atoms with E-state index in [2.05, 4.69) is 26.0 Å². The van der Waals surface area contributed by atoms with Gasteiger partial charge in [0.2, 0.25) is 0 Å². The first-order chi connectivity index (χ1) is 9.92. The van der Waals surface area contributed by atoms with Gasteiger partial charge in [-0.15, -0.1) is 11.3 Å². The highest BCUT2D eigenvalue weighted by atomic mass is 79.9. The zero-order valence-electron chi connectivity index (χ0n) is 11.8. The van der Waals surface area contributed by atoms with E-state index in [1.54, 1.807) is 18.2 Å². The van der Waals surface area contributed by atoms with Gasteiger partial charge in [-0.1, -0.05) is 15.9 Å². The molecule has 1 heterocycles. The number of hydrogen-bond acceptors (Lipinski definition) is 4. The van der Waals surface area contributed by atoms with Crippen LogP contribution in [0, 0.1) is 6.92 Å². The van der Waals surface area contributed by atoms with Crippen molar-refractivity contribution in [3.63, 3.8) is 0 Å². The maximum Gasteiger partial charge on any atom is 0.271 e. The highest BCUT2D eigenvalue weighted by molar-refractivity contribution is 9.10. The maximum atomic E-state index is 12.4. The number of sulfonamides is 1. The highest BCUT2D eigenvalue weighted by Crippen LogP contribution is 2.26. The van der Waals surface area contributed by atoms with Gasteiger partial charge >= 0.3 is 0 Å². The van der Waals surface area contributed by atoms with Crippen LogP contribution in [0.25, 0.3) is 0 Å². The van der Waals surface area contributed by atoms with Crippen LogP contribution >= 0.6 is 27.3 Å². The van der Waals surface area contributed by atoms with Crippen molar-refractivity contribution in [2.24, 2.45) is 0 Å². The summed E-state index contributed by atoms with van der Waals surface area (Å²) in [5.41, 5.74) is 1.55. The van der Waals surface area contributed by atoms with Crippen LogP contribution in [0.2, 0.25) is 0 Å². The van der Waals surface area contributed by atoms with Crippen molar-refractivity contribution in [1.29, 1.82) is 0 Å². The molecule has 21 heavy (non-hydrogen) atoms. The Morgan fingerprint density at radius 2 is 2.00 bits per heavy atom. The van der Waals surface area contributed by atoms with Gasteiger partial charge < -0.3 is 5.32 Å². The predicted octanol–water partition coefficient (Wildman–Crippen LogP) is 3.38. The molecule has 0 unspecified atom stereocenters. The van der Waals surface area contributed by atoms with Crippen molar-refractivity contribution in [2.45, 2.75) is 17.6 Å². The Balaban J connectivity index is 2.17. The van der Waals surface area contributed by atoms with Gasteiger partial charge in [0.25, 0.3) is 10.0 Å². The fraction of sp³-hybridized carbons (Fsp3) is 0.286. The van der Waals surface area contributed by atoms with E-state index < -0.39 is 10.0 Å². The van der Waals surface area contributed by atoms with E-state index in [-0.39, 0.29) is 0 Å². The highest BCUT2D eigenvalue weighted by Gasteiger charge is 2.17. The molecule has 0 radical (unpaired) electrons. The first-order valence-corrected chi connectivity index (χ1v) is 9.54. The van der Waals surface area contributed by atoms with Crippen molar-refractivity contribution >= 4 is 43.0 Å². The van der Waals surface area contributed by atoms with Crippen LogP contribution in [0.1, 0.15) is 10.4 Å². The maximum absolute atomic E-state index is 12.4. The quantitative estimate of drug-likeness (QED) is 0.797. The Morgan fingerprint density at radius 3 is 2.67 bits per heavy atom. The third-order valence-corrected chi connectivity index (χ3v) is 6.84. The van der Waals surface area contributed by atoms with E-state index >= 15 is 0 Å². The van der Waals surface area contributed by atoms with Gasteiger partial charge in [-0.2, -0.15) is 0 Å². The van der Waals surface area contributed by atoms with E-state index in [9.17, 15) is 8.42 Å². The molecule has 0 atom stereocenters. The average molecular weight is 389 g/mol. The standard InChI is InChI=1S/C14H17BrN2O2S2/c1-10-9-11(3-5-13(10)15)17-21(18,19)14-6-4-12(20-14)7-8-16-2/h3-6,9,16-17H,7-8H2,1-2H3. The monoisotopic (exact) mass is 388 g/mol. The fourth-order valence-corrected chi connectivity index (χ4v) is 4.45. The topological polar surface area (TPSA) is 58.2 Å². The van der Waals surface area contributed by atoms with Crippen LogP contribution in [0.5, 0.6) is 0 Å². The summed E-state index contributed by atoms with van der Waals surface area (Å²) >= 11 is 4.71. The molecule has 2 aromatic rings. The number of nitrogens with one attached hydrogen (secondary N) is 2. The molecule has 0 amide bonds. The van der Waals surface area contributed by atoms with E-state index in [1.165, 1.54) is 11.3 Å². The van der Waals surface area contributed by atoms with E-state index in [4.69, 9.17) is 0 Å². The molecule has 1 aromatic carbocycles. The average Bonchev–Trinajstić information content (AvgIpc) is 2.90. The Kier molecular flexibility index (Phi) is 5.43. The molecular formula is C14H17BrN2O2S2. The summed E-state index contributed by atoms with van der Waals surface area (Å²) in [5, 5.41) is 3.05. The molecule has 0 aliphatic heterocycles. The summed E-state index contributed by atoms with van der Waals surface area (Å²) in [6, 6.07) is 8.90. The molecule has 114 valence electrons. The molecular weight excluding hydrogens is 372 g/mol. The number of rotatable bonds is 6. The molecule has 0 spiro atoms. The third kappa shape index (κ3) is 4.29. The lowest BCUT2D eigenvalue weighted by Crippen LogP contribution is -2.11. The lowest BCUT2D eigenvalue weighted by atomic mass is 10.2. The van der Waals surface area contributed by atoms with Crippen molar-refractivity contribution in [1.82, 2.24) is 5.32 Å². The Morgan fingerprint density at radius 1 is 1.24 bits per heavy atom. The van der Waals surface area contributed by atoms with Crippen LogP contribution in [-0.2, 0) is 16.4 Å². The second kappa shape index (κ2) is 6.91. The molecule has 0 fully saturated rings. The molecule has 0 bridgehead atoms. The molecule has 4 nitrogen and oxygen atoms in total. The van der Waals surface area contributed by atoms with Gasteiger partial charge in [0.05, 0.1) is 0 Å². The van der Waals surface area contributed by atoms with Crippen molar-refractivity contribution in [3.05, 3.63) is 45.2 Å². The number of likely N-dealkylation sites (N-methyl/N-ethyl adjacent to an activating group) is 1. The van der Waals surface area contributed by atoms with E-state index in [0.29, 0.717) is 9.90 Å². The third-order valence-electron chi connectivity index (χ3n) is 2.93. The molecule has 1 aromatic heterocycles. The molecule has 0 aliphatic rings. The zero-order chi connectivity index (χ0) is 15.5. The fourth-order valence-electron chi connectivity index (χ4n) is 1.80. The first kappa shape index (κ1) is 16.5. The van der Waals surface area contributed by atoms with Crippen LogP contribution < -0.4 is 10.0 Å². The summed E-state index contributed by atoms with van der Waals surface area (Å²) in [7, 11) is -1.64. The molecule has 7 heteroatoms.